The molecule has 0 N–H and O–H groups in total. The molecule has 100 valence electrons. The highest BCUT2D eigenvalue weighted by atomic mass is 16.5. The van der Waals surface area contributed by atoms with E-state index in [1.807, 2.05) is 0 Å². The van der Waals surface area contributed by atoms with Gasteiger partial charge in [-0.05, 0) is 49.4 Å². The van der Waals surface area contributed by atoms with Crippen LogP contribution in [0, 0.1) is 17.3 Å². The third-order valence-corrected chi connectivity index (χ3v) is 5.10. The minimum atomic E-state index is 0.582. The van der Waals surface area contributed by atoms with Gasteiger partial charge in [0.1, 0.15) is 0 Å². The molecule has 0 aromatic carbocycles. The molecule has 0 spiro atoms. The average molecular weight is 238 g/mol. The van der Waals surface area contributed by atoms with E-state index in [1.165, 1.54) is 51.4 Å². The van der Waals surface area contributed by atoms with Gasteiger partial charge < -0.3 is 4.74 Å². The van der Waals surface area contributed by atoms with Crippen molar-refractivity contribution >= 4 is 0 Å². The Morgan fingerprint density at radius 1 is 1.24 bits per heavy atom. The van der Waals surface area contributed by atoms with Gasteiger partial charge in [0.2, 0.25) is 0 Å². The van der Waals surface area contributed by atoms with Crippen molar-refractivity contribution in [2.75, 3.05) is 6.61 Å². The van der Waals surface area contributed by atoms with Crippen LogP contribution in [-0.2, 0) is 4.74 Å². The molecule has 1 saturated heterocycles. The first-order chi connectivity index (χ1) is 8.12. The lowest BCUT2D eigenvalue weighted by Crippen LogP contribution is -2.44. The summed E-state index contributed by atoms with van der Waals surface area (Å²) >= 11 is 0. The maximum atomic E-state index is 6.00. The first kappa shape index (κ1) is 13.4. The molecule has 0 aromatic rings. The zero-order valence-electron chi connectivity index (χ0n) is 12.0. The molecule has 2 aliphatic rings. The van der Waals surface area contributed by atoms with Crippen LogP contribution in [0.2, 0.25) is 0 Å². The fraction of sp³-hybridized carbons (Fsp3) is 1.00. The van der Waals surface area contributed by atoms with E-state index in [1.54, 1.807) is 0 Å². The highest BCUT2D eigenvalue weighted by molar-refractivity contribution is 4.93. The molecule has 3 unspecified atom stereocenters. The molecular weight excluding hydrogens is 208 g/mol. The van der Waals surface area contributed by atoms with Gasteiger partial charge >= 0.3 is 0 Å². The van der Waals surface area contributed by atoms with Crippen LogP contribution in [-0.4, -0.2) is 12.7 Å². The van der Waals surface area contributed by atoms with Gasteiger partial charge in [0.15, 0.2) is 0 Å². The quantitative estimate of drug-likeness (QED) is 0.683. The SMILES string of the molecule is CC(C)CCCC1(C)CCCC2OCCCC21. The van der Waals surface area contributed by atoms with Crippen LogP contribution < -0.4 is 0 Å². The molecule has 1 heteroatoms. The van der Waals surface area contributed by atoms with Crippen molar-refractivity contribution in [3.63, 3.8) is 0 Å². The van der Waals surface area contributed by atoms with E-state index in [2.05, 4.69) is 20.8 Å². The summed E-state index contributed by atoms with van der Waals surface area (Å²) in [6, 6.07) is 0. The van der Waals surface area contributed by atoms with Gasteiger partial charge in [-0.25, -0.2) is 0 Å². The normalized spacial score (nSPS) is 38.1. The number of ether oxygens (including phenoxy) is 1. The standard InChI is InChI=1S/C16H30O/c1-13(2)7-4-10-16(3)11-5-9-15-14(16)8-6-12-17-15/h13-15H,4-12H2,1-3H3. The van der Waals surface area contributed by atoms with Gasteiger partial charge in [-0.1, -0.05) is 40.0 Å². The largest absolute Gasteiger partial charge is 0.378 e. The Hall–Kier alpha value is -0.0400. The molecule has 1 nitrogen and oxygen atoms in total. The number of hydrogen-bond acceptors (Lipinski definition) is 1. The Morgan fingerprint density at radius 2 is 2.06 bits per heavy atom. The molecule has 0 amide bonds. The van der Waals surface area contributed by atoms with Crippen LogP contribution in [0.5, 0.6) is 0 Å². The van der Waals surface area contributed by atoms with Crippen LogP contribution in [0.1, 0.15) is 72.1 Å². The van der Waals surface area contributed by atoms with Gasteiger partial charge in [0.25, 0.3) is 0 Å². The van der Waals surface area contributed by atoms with E-state index in [0.29, 0.717) is 11.5 Å². The fourth-order valence-electron chi connectivity index (χ4n) is 4.04. The van der Waals surface area contributed by atoms with E-state index < -0.39 is 0 Å². The van der Waals surface area contributed by atoms with Crippen LogP contribution in [0.15, 0.2) is 0 Å². The monoisotopic (exact) mass is 238 g/mol. The lowest BCUT2D eigenvalue weighted by Gasteiger charge is -2.48. The minimum Gasteiger partial charge on any atom is -0.378 e. The predicted molar refractivity (Wildman–Crippen MR) is 73.1 cm³/mol. The molecule has 1 heterocycles. The molecule has 17 heavy (non-hydrogen) atoms. The third-order valence-electron chi connectivity index (χ3n) is 5.10. The molecule has 1 aliphatic heterocycles. The van der Waals surface area contributed by atoms with Crippen molar-refractivity contribution in [1.82, 2.24) is 0 Å². The molecule has 0 bridgehead atoms. The first-order valence-corrected chi connectivity index (χ1v) is 7.73. The lowest BCUT2D eigenvalue weighted by atomic mass is 9.61. The highest BCUT2D eigenvalue weighted by Gasteiger charge is 2.43. The summed E-state index contributed by atoms with van der Waals surface area (Å²) in [6.45, 7) is 8.24. The molecule has 2 rings (SSSR count). The Balaban J connectivity index is 1.91. The fourth-order valence-corrected chi connectivity index (χ4v) is 4.04. The van der Waals surface area contributed by atoms with Crippen molar-refractivity contribution in [3.05, 3.63) is 0 Å². The topological polar surface area (TPSA) is 9.23 Å². The Morgan fingerprint density at radius 3 is 2.82 bits per heavy atom. The highest BCUT2D eigenvalue weighted by Crippen LogP contribution is 2.49. The molecule has 3 atom stereocenters. The molecule has 2 fully saturated rings. The summed E-state index contributed by atoms with van der Waals surface area (Å²) in [4.78, 5) is 0. The number of hydrogen-bond donors (Lipinski definition) is 0. The number of rotatable bonds is 4. The summed E-state index contributed by atoms with van der Waals surface area (Å²) in [5, 5.41) is 0. The smallest absolute Gasteiger partial charge is 0.0608 e. The predicted octanol–water partition coefficient (Wildman–Crippen LogP) is 4.80. The van der Waals surface area contributed by atoms with Crippen molar-refractivity contribution in [3.8, 4) is 0 Å². The van der Waals surface area contributed by atoms with E-state index in [9.17, 15) is 0 Å². The minimum absolute atomic E-state index is 0.582. The molecule has 1 saturated carbocycles. The van der Waals surface area contributed by atoms with Gasteiger partial charge in [-0.3, -0.25) is 0 Å². The molecule has 0 aromatic heterocycles. The summed E-state index contributed by atoms with van der Waals surface area (Å²) in [5.41, 5.74) is 0.582. The van der Waals surface area contributed by atoms with E-state index in [0.717, 1.165) is 18.4 Å². The molecule has 1 aliphatic carbocycles. The van der Waals surface area contributed by atoms with Gasteiger partial charge in [-0.15, -0.1) is 0 Å². The van der Waals surface area contributed by atoms with Crippen molar-refractivity contribution in [2.24, 2.45) is 17.3 Å². The van der Waals surface area contributed by atoms with Crippen molar-refractivity contribution in [2.45, 2.75) is 78.2 Å². The Bertz CT molecular complexity index is 234. The number of fused-ring (bicyclic) bond motifs is 1. The summed E-state index contributed by atoms with van der Waals surface area (Å²) < 4.78 is 6.00. The maximum absolute atomic E-state index is 6.00. The van der Waals surface area contributed by atoms with E-state index >= 15 is 0 Å². The zero-order valence-corrected chi connectivity index (χ0v) is 12.0. The molecular formula is C16H30O. The van der Waals surface area contributed by atoms with Crippen molar-refractivity contribution in [1.29, 1.82) is 0 Å². The van der Waals surface area contributed by atoms with Crippen LogP contribution >= 0.6 is 0 Å². The summed E-state index contributed by atoms with van der Waals surface area (Å²) in [5.74, 6) is 1.72. The maximum Gasteiger partial charge on any atom is 0.0608 e. The lowest BCUT2D eigenvalue weighted by molar-refractivity contribution is -0.103. The third kappa shape index (κ3) is 3.24. The van der Waals surface area contributed by atoms with Crippen LogP contribution in [0.4, 0.5) is 0 Å². The molecule has 0 radical (unpaired) electrons. The van der Waals surface area contributed by atoms with E-state index in [-0.39, 0.29) is 0 Å². The average Bonchev–Trinajstić information content (AvgIpc) is 2.29. The van der Waals surface area contributed by atoms with Crippen LogP contribution in [0.25, 0.3) is 0 Å². The second-order valence-corrected chi connectivity index (χ2v) is 6.99. The summed E-state index contributed by atoms with van der Waals surface area (Å²) in [7, 11) is 0. The van der Waals surface area contributed by atoms with Crippen molar-refractivity contribution < 1.29 is 4.74 Å². The summed E-state index contributed by atoms with van der Waals surface area (Å²) in [6.07, 6.45) is 11.7. The second-order valence-electron chi connectivity index (χ2n) is 6.99. The first-order valence-electron chi connectivity index (χ1n) is 7.73. The van der Waals surface area contributed by atoms with Gasteiger partial charge in [0, 0.05) is 6.61 Å². The Labute approximate surface area is 107 Å². The van der Waals surface area contributed by atoms with Crippen LogP contribution in [0.3, 0.4) is 0 Å². The van der Waals surface area contributed by atoms with Gasteiger partial charge in [0.05, 0.1) is 6.10 Å². The Kier molecular flexibility index (Phi) is 4.52. The van der Waals surface area contributed by atoms with E-state index in [4.69, 9.17) is 4.74 Å². The van der Waals surface area contributed by atoms with Gasteiger partial charge in [-0.2, -0.15) is 0 Å². The zero-order chi connectivity index (χ0) is 12.3. The second kappa shape index (κ2) is 5.73.